The van der Waals surface area contributed by atoms with Gasteiger partial charge in [-0.3, -0.25) is 19.7 Å². The minimum atomic E-state index is -0.892. The third kappa shape index (κ3) is 5.90. The van der Waals surface area contributed by atoms with Crippen molar-refractivity contribution in [3.05, 3.63) is 34.4 Å². The number of benzene rings is 1. The van der Waals surface area contributed by atoms with Gasteiger partial charge >= 0.3 is 5.97 Å². The van der Waals surface area contributed by atoms with Crippen molar-refractivity contribution >= 4 is 23.3 Å². The van der Waals surface area contributed by atoms with Crippen LogP contribution in [0.25, 0.3) is 0 Å². The van der Waals surface area contributed by atoms with Crippen LogP contribution in [0.15, 0.2) is 24.3 Å². The SMILES string of the molecule is CCCC[C@@H](CCC(=O)Nc1cccc([N+](=O)[O-])c1)C(=O)O. The van der Waals surface area contributed by atoms with Gasteiger partial charge in [0.15, 0.2) is 0 Å². The fourth-order valence-corrected chi connectivity index (χ4v) is 2.07. The van der Waals surface area contributed by atoms with Crippen molar-refractivity contribution in [2.45, 2.75) is 39.0 Å². The lowest BCUT2D eigenvalue weighted by Gasteiger charge is -2.11. The zero-order chi connectivity index (χ0) is 16.5. The Morgan fingerprint density at radius 2 is 2.09 bits per heavy atom. The molecule has 0 radical (unpaired) electrons. The molecule has 0 heterocycles. The highest BCUT2D eigenvalue weighted by Gasteiger charge is 2.18. The van der Waals surface area contributed by atoms with E-state index >= 15 is 0 Å². The molecular weight excluding hydrogens is 288 g/mol. The predicted octanol–water partition coefficient (Wildman–Crippen LogP) is 3.20. The molecular formula is C15H20N2O5. The smallest absolute Gasteiger partial charge is 0.306 e. The summed E-state index contributed by atoms with van der Waals surface area (Å²) in [6.45, 7) is 1.98. The number of amides is 1. The van der Waals surface area contributed by atoms with Crippen molar-refractivity contribution in [1.29, 1.82) is 0 Å². The molecule has 0 aromatic heterocycles. The van der Waals surface area contributed by atoms with E-state index in [-0.39, 0.29) is 24.4 Å². The second-order valence-electron chi connectivity index (χ2n) is 5.07. The van der Waals surface area contributed by atoms with E-state index in [0.29, 0.717) is 12.1 Å². The Labute approximate surface area is 128 Å². The van der Waals surface area contributed by atoms with E-state index in [0.717, 1.165) is 12.8 Å². The van der Waals surface area contributed by atoms with Crippen molar-refractivity contribution in [3.8, 4) is 0 Å². The summed E-state index contributed by atoms with van der Waals surface area (Å²) in [6, 6.07) is 5.64. The first-order valence-corrected chi connectivity index (χ1v) is 7.21. The molecule has 0 fully saturated rings. The monoisotopic (exact) mass is 308 g/mol. The first-order chi connectivity index (χ1) is 10.4. The Bertz CT molecular complexity index is 544. The highest BCUT2D eigenvalue weighted by Crippen LogP contribution is 2.19. The number of non-ortho nitro benzene ring substituents is 1. The van der Waals surface area contributed by atoms with Gasteiger partial charge in [0.2, 0.25) is 5.91 Å². The molecule has 1 aromatic rings. The molecule has 1 atom stereocenters. The van der Waals surface area contributed by atoms with Crippen molar-refractivity contribution in [3.63, 3.8) is 0 Å². The molecule has 1 amide bonds. The van der Waals surface area contributed by atoms with Gasteiger partial charge in [0.25, 0.3) is 5.69 Å². The maximum atomic E-state index is 11.8. The number of carboxylic acid groups (broad SMARTS) is 1. The number of anilines is 1. The topological polar surface area (TPSA) is 110 Å². The van der Waals surface area contributed by atoms with E-state index in [4.69, 9.17) is 5.11 Å². The highest BCUT2D eigenvalue weighted by molar-refractivity contribution is 5.91. The average Bonchev–Trinajstić information content (AvgIpc) is 2.47. The summed E-state index contributed by atoms with van der Waals surface area (Å²) in [4.78, 5) is 33.0. The van der Waals surface area contributed by atoms with Gasteiger partial charge in [-0.15, -0.1) is 0 Å². The number of carboxylic acids is 1. The van der Waals surface area contributed by atoms with Crippen LogP contribution in [0, 0.1) is 16.0 Å². The summed E-state index contributed by atoms with van der Waals surface area (Å²) in [6.07, 6.45) is 2.60. The number of aliphatic carboxylic acids is 1. The number of rotatable bonds is 9. The van der Waals surface area contributed by atoms with E-state index in [1.54, 1.807) is 6.07 Å². The molecule has 1 rings (SSSR count). The zero-order valence-corrected chi connectivity index (χ0v) is 12.4. The summed E-state index contributed by atoms with van der Waals surface area (Å²) in [5.74, 6) is -1.77. The van der Waals surface area contributed by atoms with Gasteiger partial charge in [-0.05, 0) is 18.9 Å². The van der Waals surface area contributed by atoms with E-state index in [1.807, 2.05) is 6.92 Å². The molecule has 1 aromatic carbocycles. The maximum Gasteiger partial charge on any atom is 0.306 e. The number of nitro groups is 1. The first-order valence-electron chi connectivity index (χ1n) is 7.21. The average molecular weight is 308 g/mol. The second kappa shape index (κ2) is 8.76. The van der Waals surface area contributed by atoms with Gasteiger partial charge < -0.3 is 10.4 Å². The van der Waals surface area contributed by atoms with Crippen LogP contribution in [0.5, 0.6) is 0 Å². The number of nitro benzene ring substituents is 1. The fraction of sp³-hybridized carbons (Fsp3) is 0.467. The molecule has 120 valence electrons. The molecule has 7 nitrogen and oxygen atoms in total. The maximum absolute atomic E-state index is 11.8. The molecule has 0 aliphatic rings. The Balaban J connectivity index is 2.53. The number of carbonyl (C=O) groups is 2. The van der Waals surface area contributed by atoms with Crippen LogP contribution < -0.4 is 5.32 Å². The van der Waals surface area contributed by atoms with Crippen LogP contribution in [0.1, 0.15) is 39.0 Å². The van der Waals surface area contributed by atoms with E-state index < -0.39 is 16.8 Å². The van der Waals surface area contributed by atoms with Gasteiger partial charge in [0.1, 0.15) is 0 Å². The second-order valence-corrected chi connectivity index (χ2v) is 5.07. The van der Waals surface area contributed by atoms with E-state index in [2.05, 4.69) is 5.32 Å². The van der Waals surface area contributed by atoms with E-state index in [1.165, 1.54) is 18.2 Å². The number of hydrogen-bond donors (Lipinski definition) is 2. The molecule has 0 aliphatic heterocycles. The molecule has 22 heavy (non-hydrogen) atoms. The van der Waals surface area contributed by atoms with Crippen LogP contribution in [-0.4, -0.2) is 21.9 Å². The third-order valence-electron chi connectivity index (χ3n) is 3.32. The Morgan fingerprint density at radius 1 is 1.36 bits per heavy atom. The number of hydrogen-bond acceptors (Lipinski definition) is 4. The number of unbranched alkanes of at least 4 members (excludes halogenated alkanes) is 1. The van der Waals surface area contributed by atoms with Gasteiger partial charge in [0.05, 0.1) is 10.8 Å². The summed E-state index contributed by atoms with van der Waals surface area (Å²) in [7, 11) is 0. The lowest BCUT2D eigenvalue weighted by atomic mass is 9.97. The Morgan fingerprint density at radius 3 is 2.68 bits per heavy atom. The van der Waals surface area contributed by atoms with Gasteiger partial charge in [-0.25, -0.2) is 0 Å². The standard InChI is InChI=1S/C15H20N2O5/c1-2-3-5-11(15(19)20)8-9-14(18)16-12-6-4-7-13(10-12)17(21)22/h4,6-7,10-11H,2-3,5,8-9H2,1H3,(H,16,18)(H,19,20)/t11-/m0/s1. The summed E-state index contributed by atoms with van der Waals surface area (Å²) in [5, 5.41) is 22.3. The lowest BCUT2D eigenvalue weighted by molar-refractivity contribution is -0.384. The van der Waals surface area contributed by atoms with Gasteiger partial charge in [0, 0.05) is 24.2 Å². The summed E-state index contributed by atoms with van der Waals surface area (Å²) < 4.78 is 0. The number of nitrogens with one attached hydrogen (secondary N) is 1. The van der Waals surface area contributed by atoms with Crippen LogP contribution >= 0.6 is 0 Å². The molecule has 0 spiro atoms. The highest BCUT2D eigenvalue weighted by atomic mass is 16.6. The van der Waals surface area contributed by atoms with E-state index in [9.17, 15) is 19.7 Å². The van der Waals surface area contributed by atoms with Crippen molar-refractivity contribution < 1.29 is 19.6 Å². The Hall–Kier alpha value is -2.44. The first kappa shape index (κ1) is 17.6. The minimum Gasteiger partial charge on any atom is -0.481 e. The van der Waals surface area contributed by atoms with Crippen LogP contribution in [-0.2, 0) is 9.59 Å². The molecule has 0 saturated carbocycles. The zero-order valence-electron chi connectivity index (χ0n) is 12.4. The number of nitrogens with zero attached hydrogens (tertiary/aromatic N) is 1. The summed E-state index contributed by atoms with van der Waals surface area (Å²) >= 11 is 0. The van der Waals surface area contributed by atoms with Crippen LogP contribution in [0.2, 0.25) is 0 Å². The molecule has 0 bridgehead atoms. The van der Waals surface area contributed by atoms with Gasteiger partial charge in [-0.1, -0.05) is 25.8 Å². The Kier molecular flexibility index (Phi) is 7.01. The molecule has 2 N–H and O–H groups in total. The van der Waals surface area contributed by atoms with Crippen LogP contribution in [0.4, 0.5) is 11.4 Å². The molecule has 0 unspecified atom stereocenters. The minimum absolute atomic E-state index is 0.0728. The van der Waals surface area contributed by atoms with Crippen LogP contribution in [0.3, 0.4) is 0 Å². The predicted molar refractivity (Wildman–Crippen MR) is 81.6 cm³/mol. The summed E-state index contributed by atoms with van der Waals surface area (Å²) in [5.41, 5.74) is 0.226. The third-order valence-corrected chi connectivity index (χ3v) is 3.32. The lowest BCUT2D eigenvalue weighted by Crippen LogP contribution is -2.18. The number of carbonyl (C=O) groups excluding carboxylic acids is 1. The van der Waals surface area contributed by atoms with Crippen molar-refractivity contribution in [2.24, 2.45) is 5.92 Å². The largest absolute Gasteiger partial charge is 0.481 e. The van der Waals surface area contributed by atoms with Crippen molar-refractivity contribution in [1.82, 2.24) is 0 Å². The van der Waals surface area contributed by atoms with Gasteiger partial charge in [-0.2, -0.15) is 0 Å². The normalized spacial score (nSPS) is 11.7. The molecule has 0 aliphatic carbocycles. The van der Waals surface area contributed by atoms with Crippen molar-refractivity contribution in [2.75, 3.05) is 5.32 Å². The molecule has 0 saturated heterocycles. The molecule has 7 heteroatoms. The fourth-order valence-electron chi connectivity index (χ4n) is 2.07. The quantitative estimate of drug-likeness (QED) is 0.537.